The van der Waals surface area contributed by atoms with Gasteiger partial charge in [0.05, 0.1) is 18.3 Å². The first-order valence-corrected chi connectivity index (χ1v) is 6.74. The summed E-state index contributed by atoms with van der Waals surface area (Å²) in [6.45, 7) is 6.76. The van der Waals surface area contributed by atoms with Gasteiger partial charge in [0.15, 0.2) is 5.82 Å². The van der Waals surface area contributed by atoms with Crippen molar-refractivity contribution in [1.82, 2.24) is 30.1 Å². The molecule has 0 aromatic carbocycles. The number of hydrogen-bond donors (Lipinski definition) is 1. The number of urea groups is 1. The van der Waals surface area contributed by atoms with Crippen LogP contribution in [0, 0.1) is 13.8 Å². The van der Waals surface area contributed by atoms with E-state index in [2.05, 4.69) is 25.1 Å². The average molecular weight is 292 g/mol. The Morgan fingerprint density at radius 1 is 1.52 bits per heavy atom. The lowest BCUT2D eigenvalue weighted by molar-refractivity contribution is 0.203. The Kier molecular flexibility index (Phi) is 4.56. The van der Waals surface area contributed by atoms with Crippen LogP contribution in [0.5, 0.6) is 0 Å². The molecule has 2 rings (SSSR count). The van der Waals surface area contributed by atoms with Gasteiger partial charge in [0.2, 0.25) is 6.39 Å². The largest absolute Gasteiger partial charge is 0.343 e. The number of hydrogen-bond acceptors (Lipinski definition) is 5. The van der Waals surface area contributed by atoms with Gasteiger partial charge in [-0.15, -0.1) is 0 Å². The fourth-order valence-corrected chi connectivity index (χ4v) is 2.09. The molecule has 2 aromatic heterocycles. The summed E-state index contributed by atoms with van der Waals surface area (Å²) in [7, 11) is 1.68. The molecule has 1 N–H and O–H groups in total. The number of nitrogens with zero attached hydrogens (tertiary/aromatic N) is 5. The van der Waals surface area contributed by atoms with E-state index in [0.717, 1.165) is 11.4 Å². The minimum Gasteiger partial charge on any atom is -0.343 e. The molecule has 0 spiro atoms. The molecule has 0 saturated carbocycles. The van der Waals surface area contributed by atoms with Crippen LogP contribution in [0.25, 0.3) is 0 Å². The SMILES string of the molecule is Cc1cc(C)n([C@@H](C)CNC(=O)N(C)Cc2ncon2)n1. The molecular weight excluding hydrogens is 272 g/mol. The van der Waals surface area contributed by atoms with Crippen LogP contribution in [0.15, 0.2) is 17.0 Å². The second-order valence-corrected chi connectivity index (χ2v) is 5.11. The maximum absolute atomic E-state index is 12.0. The molecule has 2 amide bonds. The van der Waals surface area contributed by atoms with Crippen molar-refractivity contribution in [2.75, 3.05) is 13.6 Å². The Morgan fingerprint density at radius 2 is 2.29 bits per heavy atom. The van der Waals surface area contributed by atoms with Crippen LogP contribution in [-0.4, -0.2) is 44.4 Å². The summed E-state index contributed by atoms with van der Waals surface area (Å²) in [4.78, 5) is 17.4. The van der Waals surface area contributed by atoms with E-state index in [1.165, 1.54) is 11.3 Å². The Morgan fingerprint density at radius 3 is 2.86 bits per heavy atom. The predicted molar refractivity (Wildman–Crippen MR) is 75.6 cm³/mol. The van der Waals surface area contributed by atoms with Gasteiger partial charge in [-0.1, -0.05) is 5.16 Å². The summed E-state index contributed by atoms with van der Waals surface area (Å²) in [6.07, 6.45) is 1.24. The summed E-state index contributed by atoms with van der Waals surface area (Å²) < 4.78 is 6.55. The van der Waals surface area contributed by atoms with Crippen molar-refractivity contribution in [3.8, 4) is 0 Å². The van der Waals surface area contributed by atoms with E-state index in [0.29, 0.717) is 18.9 Å². The molecule has 2 heterocycles. The Balaban J connectivity index is 1.84. The van der Waals surface area contributed by atoms with E-state index in [1.807, 2.05) is 31.5 Å². The highest BCUT2D eigenvalue weighted by Crippen LogP contribution is 2.09. The van der Waals surface area contributed by atoms with Crippen molar-refractivity contribution in [2.45, 2.75) is 33.4 Å². The highest BCUT2D eigenvalue weighted by Gasteiger charge is 2.14. The van der Waals surface area contributed by atoms with Crippen molar-refractivity contribution in [1.29, 1.82) is 0 Å². The van der Waals surface area contributed by atoms with Gasteiger partial charge in [0, 0.05) is 19.3 Å². The minimum atomic E-state index is -0.187. The zero-order valence-corrected chi connectivity index (χ0v) is 12.7. The minimum absolute atomic E-state index is 0.0845. The molecule has 0 bridgehead atoms. The maximum atomic E-state index is 12.0. The topological polar surface area (TPSA) is 89.1 Å². The van der Waals surface area contributed by atoms with E-state index in [-0.39, 0.29) is 12.1 Å². The highest BCUT2D eigenvalue weighted by atomic mass is 16.5. The first-order valence-electron chi connectivity index (χ1n) is 6.74. The van der Waals surface area contributed by atoms with Gasteiger partial charge < -0.3 is 14.7 Å². The second kappa shape index (κ2) is 6.38. The van der Waals surface area contributed by atoms with Crippen LogP contribution in [0.1, 0.15) is 30.2 Å². The lowest BCUT2D eigenvalue weighted by atomic mass is 10.3. The van der Waals surface area contributed by atoms with Gasteiger partial charge >= 0.3 is 6.03 Å². The van der Waals surface area contributed by atoms with Crippen LogP contribution >= 0.6 is 0 Å². The summed E-state index contributed by atoms with van der Waals surface area (Å²) in [5.74, 6) is 0.472. The van der Waals surface area contributed by atoms with Gasteiger partial charge in [0.1, 0.15) is 0 Å². The molecule has 8 nitrogen and oxygen atoms in total. The third-order valence-corrected chi connectivity index (χ3v) is 3.14. The molecule has 0 unspecified atom stereocenters. The molecule has 0 fully saturated rings. The number of carbonyl (C=O) groups excluding carboxylic acids is 1. The zero-order chi connectivity index (χ0) is 15.4. The Hall–Kier alpha value is -2.38. The number of amides is 2. The van der Waals surface area contributed by atoms with Crippen molar-refractivity contribution in [3.63, 3.8) is 0 Å². The number of carbonyl (C=O) groups is 1. The standard InChI is InChI=1S/C13H20N6O2/c1-9-5-10(2)19(16-9)11(3)6-14-13(20)18(4)7-12-15-8-21-17-12/h5,8,11H,6-7H2,1-4H3,(H,14,20)/t11-/m0/s1. The lowest BCUT2D eigenvalue weighted by Gasteiger charge is -2.19. The van der Waals surface area contributed by atoms with Crippen molar-refractivity contribution >= 4 is 6.03 Å². The first-order chi connectivity index (χ1) is 9.97. The van der Waals surface area contributed by atoms with Crippen molar-refractivity contribution in [3.05, 3.63) is 29.7 Å². The molecule has 0 aliphatic rings. The van der Waals surface area contributed by atoms with Crippen LogP contribution in [0.2, 0.25) is 0 Å². The Bertz CT molecular complexity index is 592. The first kappa shape index (κ1) is 15.0. The second-order valence-electron chi connectivity index (χ2n) is 5.11. The number of aryl methyl sites for hydroxylation is 2. The quantitative estimate of drug-likeness (QED) is 0.896. The van der Waals surface area contributed by atoms with Gasteiger partial charge in [-0.25, -0.2) is 4.79 Å². The normalized spacial score (nSPS) is 12.2. The summed E-state index contributed by atoms with van der Waals surface area (Å²) >= 11 is 0. The molecule has 0 aliphatic carbocycles. The number of rotatable bonds is 5. The van der Waals surface area contributed by atoms with Crippen LogP contribution in [0.4, 0.5) is 4.79 Å². The van der Waals surface area contributed by atoms with Crippen molar-refractivity contribution < 1.29 is 9.32 Å². The van der Waals surface area contributed by atoms with E-state index >= 15 is 0 Å². The van der Waals surface area contributed by atoms with Crippen LogP contribution < -0.4 is 5.32 Å². The predicted octanol–water partition coefficient (Wildman–Crippen LogP) is 1.29. The summed E-state index contributed by atoms with van der Waals surface area (Å²) in [5, 5.41) is 11.0. The van der Waals surface area contributed by atoms with E-state index in [9.17, 15) is 4.79 Å². The fraction of sp³-hybridized carbons (Fsp3) is 0.538. The van der Waals surface area contributed by atoms with Gasteiger partial charge in [-0.05, 0) is 26.8 Å². The third kappa shape index (κ3) is 3.80. The lowest BCUT2D eigenvalue weighted by Crippen LogP contribution is -2.39. The molecule has 114 valence electrons. The molecular formula is C13H20N6O2. The zero-order valence-electron chi connectivity index (χ0n) is 12.7. The molecule has 1 atom stereocenters. The third-order valence-electron chi connectivity index (χ3n) is 3.14. The molecule has 0 aliphatic heterocycles. The summed E-state index contributed by atoms with van der Waals surface area (Å²) in [5.41, 5.74) is 2.05. The van der Waals surface area contributed by atoms with E-state index in [4.69, 9.17) is 0 Å². The van der Waals surface area contributed by atoms with Crippen LogP contribution in [0.3, 0.4) is 0 Å². The highest BCUT2D eigenvalue weighted by molar-refractivity contribution is 5.73. The monoisotopic (exact) mass is 292 g/mol. The molecule has 8 heteroatoms. The number of aromatic nitrogens is 4. The maximum Gasteiger partial charge on any atom is 0.317 e. The van der Waals surface area contributed by atoms with Crippen molar-refractivity contribution in [2.24, 2.45) is 0 Å². The van der Waals surface area contributed by atoms with Gasteiger partial charge in [-0.3, -0.25) is 4.68 Å². The van der Waals surface area contributed by atoms with E-state index < -0.39 is 0 Å². The number of nitrogens with one attached hydrogen (secondary N) is 1. The fourth-order valence-electron chi connectivity index (χ4n) is 2.09. The summed E-state index contributed by atoms with van der Waals surface area (Å²) in [6, 6.07) is 1.91. The van der Waals surface area contributed by atoms with E-state index in [1.54, 1.807) is 7.05 Å². The molecule has 0 saturated heterocycles. The molecule has 2 aromatic rings. The van der Waals surface area contributed by atoms with Crippen LogP contribution in [-0.2, 0) is 6.54 Å². The molecule has 21 heavy (non-hydrogen) atoms. The van der Waals surface area contributed by atoms with Gasteiger partial charge in [0.25, 0.3) is 0 Å². The smallest absolute Gasteiger partial charge is 0.317 e. The van der Waals surface area contributed by atoms with Gasteiger partial charge in [-0.2, -0.15) is 10.1 Å². The molecule has 0 radical (unpaired) electrons. The average Bonchev–Trinajstić information content (AvgIpc) is 3.05. The Labute approximate surface area is 123 Å².